The van der Waals surface area contributed by atoms with E-state index in [1.165, 1.54) is 28.8 Å². The predicted octanol–water partition coefficient (Wildman–Crippen LogP) is 2.96. The standard InChI is InChI=1S/C16H13N5O2S/c1-17-12-4-6-13(7-5-12)24(22,23)20-15-8-9-18-16-10-14(11-2-3-11)19-21(15)16/h4-11,20H,2-3H2. The van der Waals surface area contributed by atoms with Crippen LogP contribution < -0.4 is 4.72 Å². The summed E-state index contributed by atoms with van der Waals surface area (Å²) in [6, 6.07) is 9.23. The van der Waals surface area contributed by atoms with E-state index in [1.807, 2.05) is 6.07 Å². The van der Waals surface area contributed by atoms with Crippen molar-refractivity contribution in [2.45, 2.75) is 23.7 Å². The highest BCUT2D eigenvalue weighted by Crippen LogP contribution is 2.39. The SMILES string of the molecule is [C-]#[N+]c1ccc(S(=O)(=O)Nc2ccnc3cc(C4CC4)nn23)cc1. The number of aromatic nitrogens is 3. The Morgan fingerprint density at radius 1 is 1.21 bits per heavy atom. The lowest BCUT2D eigenvalue weighted by molar-refractivity contribution is 0.601. The molecule has 0 saturated heterocycles. The van der Waals surface area contributed by atoms with Gasteiger partial charge in [0.1, 0.15) is 5.82 Å². The molecule has 8 heteroatoms. The van der Waals surface area contributed by atoms with Crippen molar-refractivity contribution in [3.05, 3.63) is 59.7 Å². The van der Waals surface area contributed by atoms with Gasteiger partial charge in [-0.2, -0.15) is 9.61 Å². The molecule has 1 saturated carbocycles. The molecule has 2 heterocycles. The quantitative estimate of drug-likeness (QED) is 0.741. The van der Waals surface area contributed by atoms with Crippen molar-refractivity contribution in [1.29, 1.82) is 0 Å². The zero-order valence-corrected chi connectivity index (χ0v) is 13.4. The van der Waals surface area contributed by atoms with E-state index in [2.05, 4.69) is 19.6 Å². The average molecular weight is 339 g/mol. The summed E-state index contributed by atoms with van der Waals surface area (Å²) >= 11 is 0. The highest BCUT2D eigenvalue weighted by atomic mass is 32.2. The van der Waals surface area contributed by atoms with Gasteiger partial charge in [0.25, 0.3) is 10.0 Å². The van der Waals surface area contributed by atoms with Gasteiger partial charge >= 0.3 is 0 Å². The lowest BCUT2D eigenvalue weighted by Crippen LogP contribution is -2.15. The Morgan fingerprint density at radius 2 is 1.96 bits per heavy atom. The summed E-state index contributed by atoms with van der Waals surface area (Å²) in [6.07, 6.45) is 3.77. The van der Waals surface area contributed by atoms with Gasteiger partial charge in [-0.15, -0.1) is 0 Å². The number of rotatable bonds is 4. The van der Waals surface area contributed by atoms with Crippen LogP contribution in [0.1, 0.15) is 24.5 Å². The van der Waals surface area contributed by atoms with E-state index in [0.29, 0.717) is 23.1 Å². The fraction of sp³-hybridized carbons (Fsp3) is 0.188. The van der Waals surface area contributed by atoms with Gasteiger partial charge in [-0.25, -0.2) is 18.2 Å². The van der Waals surface area contributed by atoms with Crippen molar-refractivity contribution in [1.82, 2.24) is 14.6 Å². The molecule has 0 unspecified atom stereocenters. The predicted molar refractivity (Wildman–Crippen MR) is 88.5 cm³/mol. The third kappa shape index (κ3) is 2.59. The highest BCUT2D eigenvalue weighted by molar-refractivity contribution is 7.92. The van der Waals surface area contributed by atoms with Crippen molar-refractivity contribution < 1.29 is 8.42 Å². The highest BCUT2D eigenvalue weighted by Gasteiger charge is 2.27. The summed E-state index contributed by atoms with van der Waals surface area (Å²) < 4.78 is 29.2. The zero-order chi connectivity index (χ0) is 16.7. The molecule has 4 rings (SSSR count). The molecule has 1 aliphatic carbocycles. The first-order chi connectivity index (χ1) is 11.6. The number of hydrogen-bond donors (Lipinski definition) is 1. The smallest absolute Gasteiger partial charge is 0.262 e. The fourth-order valence-electron chi connectivity index (χ4n) is 2.47. The topological polar surface area (TPSA) is 80.7 Å². The van der Waals surface area contributed by atoms with Crippen molar-refractivity contribution in [3.63, 3.8) is 0 Å². The molecule has 120 valence electrons. The van der Waals surface area contributed by atoms with Gasteiger partial charge in [0.15, 0.2) is 11.3 Å². The van der Waals surface area contributed by atoms with Crippen LogP contribution in [0.4, 0.5) is 11.5 Å². The summed E-state index contributed by atoms with van der Waals surface area (Å²) in [6.45, 7) is 6.92. The first-order valence-electron chi connectivity index (χ1n) is 7.42. The van der Waals surface area contributed by atoms with Crippen molar-refractivity contribution in [2.24, 2.45) is 0 Å². The molecule has 0 bridgehead atoms. The van der Waals surface area contributed by atoms with Crippen LogP contribution in [0, 0.1) is 6.57 Å². The molecule has 24 heavy (non-hydrogen) atoms. The van der Waals surface area contributed by atoms with Crippen LogP contribution in [0.15, 0.2) is 47.5 Å². The summed E-state index contributed by atoms with van der Waals surface area (Å²) in [4.78, 5) is 7.58. The van der Waals surface area contributed by atoms with Crippen LogP contribution in [0.2, 0.25) is 0 Å². The minimum absolute atomic E-state index is 0.0921. The molecule has 1 aliphatic rings. The molecule has 2 aromatic heterocycles. The van der Waals surface area contributed by atoms with E-state index in [0.717, 1.165) is 18.5 Å². The number of nitrogens with one attached hydrogen (secondary N) is 1. The van der Waals surface area contributed by atoms with E-state index in [4.69, 9.17) is 6.57 Å². The molecule has 1 N–H and O–H groups in total. The average Bonchev–Trinajstić information content (AvgIpc) is 3.34. The van der Waals surface area contributed by atoms with Gasteiger partial charge in [0, 0.05) is 18.2 Å². The third-order valence-electron chi connectivity index (χ3n) is 3.89. The number of sulfonamides is 1. The van der Waals surface area contributed by atoms with Crippen LogP contribution in [-0.4, -0.2) is 23.0 Å². The van der Waals surface area contributed by atoms with Crippen LogP contribution in [0.5, 0.6) is 0 Å². The summed E-state index contributed by atoms with van der Waals surface area (Å²) in [7, 11) is -3.77. The van der Waals surface area contributed by atoms with Crippen LogP contribution >= 0.6 is 0 Å². The largest absolute Gasteiger partial charge is 0.263 e. The van der Waals surface area contributed by atoms with Crippen LogP contribution in [0.3, 0.4) is 0 Å². The fourth-order valence-corrected chi connectivity index (χ4v) is 3.51. The number of benzene rings is 1. The first kappa shape index (κ1) is 14.7. The van der Waals surface area contributed by atoms with E-state index in [1.54, 1.807) is 12.3 Å². The maximum Gasteiger partial charge on any atom is 0.262 e. The van der Waals surface area contributed by atoms with E-state index < -0.39 is 10.0 Å². The zero-order valence-electron chi connectivity index (χ0n) is 12.5. The van der Waals surface area contributed by atoms with Gasteiger partial charge in [-0.1, -0.05) is 24.3 Å². The first-order valence-corrected chi connectivity index (χ1v) is 8.90. The molecule has 0 aliphatic heterocycles. The molecular weight excluding hydrogens is 326 g/mol. The number of fused-ring (bicyclic) bond motifs is 1. The number of nitrogens with zero attached hydrogens (tertiary/aromatic N) is 4. The molecule has 1 aromatic carbocycles. The maximum atomic E-state index is 12.5. The van der Waals surface area contributed by atoms with Crippen LogP contribution in [0.25, 0.3) is 10.5 Å². The Hall–Kier alpha value is -2.92. The summed E-state index contributed by atoms with van der Waals surface area (Å²) in [5.41, 5.74) is 1.94. The Morgan fingerprint density at radius 3 is 2.62 bits per heavy atom. The lowest BCUT2D eigenvalue weighted by atomic mass is 10.3. The second-order valence-corrected chi connectivity index (χ2v) is 7.34. The number of hydrogen-bond acceptors (Lipinski definition) is 4. The number of anilines is 1. The van der Waals surface area contributed by atoms with Crippen molar-refractivity contribution in [2.75, 3.05) is 4.72 Å². The Bertz CT molecular complexity index is 1060. The van der Waals surface area contributed by atoms with Gasteiger partial charge in [-0.05, 0) is 18.9 Å². The normalized spacial score (nSPS) is 14.5. The van der Waals surface area contributed by atoms with Gasteiger partial charge in [0.2, 0.25) is 0 Å². The minimum Gasteiger partial charge on any atom is -0.263 e. The second kappa shape index (κ2) is 5.32. The van der Waals surface area contributed by atoms with Gasteiger partial charge in [0.05, 0.1) is 17.2 Å². The molecule has 3 aromatic rings. The molecule has 7 nitrogen and oxygen atoms in total. The Labute approximate surface area is 138 Å². The van der Waals surface area contributed by atoms with Gasteiger partial charge in [-0.3, -0.25) is 4.72 Å². The molecule has 1 fully saturated rings. The molecule has 0 radical (unpaired) electrons. The maximum absolute atomic E-state index is 12.5. The molecule has 0 spiro atoms. The lowest BCUT2D eigenvalue weighted by Gasteiger charge is -2.09. The Balaban J connectivity index is 1.71. The monoisotopic (exact) mass is 339 g/mol. The summed E-state index contributed by atoms with van der Waals surface area (Å²) in [5, 5.41) is 4.47. The second-order valence-electron chi connectivity index (χ2n) is 5.65. The molecule has 0 atom stereocenters. The third-order valence-corrected chi connectivity index (χ3v) is 5.26. The van der Waals surface area contributed by atoms with Crippen molar-refractivity contribution >= 4 is 27.2 Å². The van der Waals surface area contributed by atoms with E-state index >= 15 is 0 Å². The molecular formula is C16H13N5O2S. The van der Waals surface area contributed by atoms with Crippen LogP contribution in [-0.2, 0) is 10.0 Å². The Kier molecular flexibility index (Phi) is 3.25. The van der Waals surface area contributed by atoms with Gasteiger partial charge < -0.3 is 0 Å². The molecule has 0 amide bonds. The summed E-state index contributed by atoms with van der Waals surface area (Å²) in [5.74, 6) is 0.790. The minimum atomic E-state index is -3.77. The van der Waals surface area contributed by atoms with Crippen molar-refractivity contribution in [3.8, 4) is 0 Å². The van der Waals surface area contributed by atoms with E-state index in [-0.39, 0.29) is 4.90 Å². The van der Waals surface area contributed by atoms with E-state index in [9.17, 15) is 8.42 Å².